The van der Waals surface area contributed by atoms with Gasteiger partial charge in [0.25, 0.3) is 0 Å². The van der Waals surface area contributed by atoms with Gasteiger partial charge in [-0.3, -0.25) is 0 Å². The topological polar surface area (TPSA) is 45.0 Å². The molecule has 0 fully saturated rings. The Hall–Kier alpha value is -2.47. The largest absolute Gasteiger partial charge is 0.491 e. The van der Waals surface area contributed by atoms with Crippen LogP contribution in [0, 0.1) is 11.3 Å². The van der Waals surface area contributed by atoms with E-state index in [1.165, 1.54) is 5.56 Å². The summed E-state index contributed by atoms with van der Waals surface area (Å²) in [6, 6.07) is 17.6. The Bertz CT molecular complexity index is 580. The first-order chi connectivity index (χ1) is 9.67. The lowest BCUT2D eigenvalue weighted by Gasteiger charge is -2.11. The van der Waals surface area contributed by atoms with Crippen molar-refractivity contribution in [2.24, 2.45) is 0 Å². The molecule has 2 rings (SSSR count). The fourth-order valence-corrected chi connectivity index (χ4v) is 1.82. The summed E-state index contributed by atoms with van der Waals surface area (Å²) in [5.74, 6) is 0.891. The Morgan fingerprint density at radius 2 is 1.70 bits per heavy atom. The van der Waals surface area contributed by atoms with Gasteiger partial charge in [0.15, 0.2) is 0 Å². The molecule has 0 aliphatic rings. The maximum atomic E-state index is 8.74. The molecular weight excluding hydrogens is 248 g/mol. The molecule has 0 atom stereocenters. The molecule has 0 aliphatic heterocycles. The summed E-state index contributed by atoms with van der Waals surface area (Å²) in [5.41, 5.74) is 2.86. The lowest BCUT2D eigenvalue weighted by atomic mass is 10.2. The van der Waals surface area contributed by atoms with Crippen LogP contribution in [-0.4, -0.2) is 6.10 Å². The number of nitrogens with one attached hydrogen (secondary N) is 1. The van der Waals surface area contributed by atoms with Crippen LogP contribution in [0.25, 0.3) is 0 Å². The van der Waals surface area contributed by atoms with Crippen molar-refractivity contribution in [3.63, 3.8) is 0 Å². The van der Waals surface area contributed by atoms with E-state index in [0.717, 1.165) is 18.0 Å². The first-order valence-corrected chi connectivity index (χ1v) is 6.67. The number of rotatable bonds is 5. The number of anilines is 1. The van der Waals surface area contributed by atoms with E-state index < -0.39 is 0 Å². The van der Waals surface area contributed by atoms with Gasteiger partial charge in [0.1, 0.15) is 5.75 Å². The Kier molecular flexibility index (Phi) is 4.62. The van der Waals surface area contributed by atoms with Gasteiger partial charge in [0, 0.05) is 12.2 Å². The van der Waals surface area contributed by atoms with Crippen molar-refractivity contribution < 1.29 is 4.74 Å². The highest BCUT2D eigenvalue weighted by Gasteiger charge is 1.99. The van der Waals surface area contributed by atoms with Crippen molar-refractivity contribution in [1.82, 2.24) is 0 Å². The Morgan fingerprint density at radius 3 is 2.25 bits per heavy atom. The van der Waals surface area contributed by atoms with Gasteiger partial charge in [-0.1, -0.05) is 12.1 Å². The highest BCUT2D eigenvalue weighted by atomic mass is 16.5. The summed E-state index contributed by atoms with van der Waals surface area (Å²) in [7, 11) is 0. The minimum Gasteiger partial charge on any atom is -0.491 e. The zero-order valence-corrected chi connectivity index (χ0v) is 11.8. The molecule has 0 heterocycles. The van der Waals surface area contributed by atoms with E-state index in [0.29, 0.717) is 5.56 Å². The molecular formula is C17H18N2O. The van der Waals surface area contributed by atoms with Crippen molar-refractivity contribution in [2.45, 2.75) is 26.5 Å². The third-order valence-corrected chi connectivity index (χ3v) is 2.81. The van der Waals surface area contributed by atoms with E-state index >= 15 is 0 Å². The van der Waals surface area contributed by atoms with E-state index in [1.54, 1.807) is 0 Å². The standard InChI is InChI=1S/C17H18N2O/c1-13(2)20-17-9-5-15(6-10-17)12-19-16-7-3-14(11-18)4-8-16/h3-10,13,19H,12H2,1-2H3. The van der Waals surface area contributed by atoms with Crippen molar-refractivity contribution in [3.05, 3.63) is 59.7 Å². The van der Waals surface area contributed by atoms with Gasteiger partial charge in [-0.15, -0.1) is 0 Å². The van der Waals surface area contributed by atoms with Gasteiger partial charge in [-0.25, -0.2) is 0 Å². The fourth-order valence-electron chi connectivity index (χ4n) is 1.82. The van der Waals surface area contributed by atoms with Gasteiger partial charge < -0.3 is 10.1 Å². The molecule has 2 aromatic rings. The number of nitriles is 1. The zero-order chi connectivity index (χ0) is 14.4. The molecule has 0 bridgehead atoms. The minimum absolute atomic E-state index is 0.192. The molecule has 102 valence electrons. The van der Waals surface area contributed by atoms with Crippen LogP contribution in [0.1, 0.15) is 25.0 Å². The average molecular weight is 266 g/mol. The van der Waals surface area contributed by atoms with Crippen LogP contribution in [0.3, 0.4) is 0 Å². The van der Waals surface area contributed by atoms with Gasteiger partial charge in [-0.05, 0) is 55.8 Å². The van der Waals surface area contributed by atoms with E-state index in [-0.39, 0.29) is 6.10 Å². The monoisotopic (exact) mass is 266 g/mol. The third kappa shape index (κ3) is 4.03. The predicted molar refractivity (Wildman–Crippen MR) is 80.7 cm³/mol. The van der Waals surface area contributed by atoms with Crippen molar-refractivity contribution in [1.29, 1.82) is 5.26 Å². The van der Waals surface area contributed by atoms with E-state index in [9.17, 15) is 0 Å². The molecule has 0 aromatic heterocycles. The summed E-state index contributed by atoms with van der Waals surface area (Å²) in [5, 5.41) is 12.1. The second kappa shape index (κ2) is 6.63. The van der Waals surface area contributed by atoms with Crippen LogP contribution in [0.2, 0.25) is 0 Å². The quantitative estimate of drug-likeness (QED) is 0.891. The third-order valence-electron chi connectivity index (χ3n) is 2.81. The highest BCUT2D eigenvalue weighted by molar-refractivity contribution is 5.47. The summed E-state index contributed by atoms with van der Waals surface area (Å²) in [6.45, 7) is 4.77. The van der Waals surface area contributed by atoms with Crippen molar-refractivity contribution in [3.8, 4) is 11.8 Å². The average Bonchev–Trinajstić information content (AvgIpc) is 2.46. The Labute approximate surface area is 119 Å². The summed E-state index contributed by atoms with van der Waals surface area (Å²) in [4.78, 5) is 0. The highest BCUT2D eigenvalue weighted by Crippen LogP contribution is 2.15. The van der Waals surface area contributed by atoms with Gasteiger partial charge in [0.2, 0.25) is 0 Å². The number of hydrogen-bond donors (Lipinski definition) is 1. The molecule has 0 aliphatic carbocycles. The molecule has 3 heteroatoms. The number of hydrogen-bond acceptors (Lipinski definition) is 3. The van der Waals surface area contributed by atoms with Crippen molar-refractivity contribution >= 4 is 5.69 Å². The number of ether oxygens (including phenoxy) is 1. The Balaban J connectivity index is 1.91. The first kappa shape index (κ1) is 14.0. The second-order valence-corrected chi connectivity index (χ2v) is 4.85. The van der Waals surface area contributed by atoms with Crippen LogP contribution < -0.4 is 10.1 Å². The summed E-state index contributed by atoms with van der Waals surface area (Å²) in [6.07, 6.45) is 0.192. The SMILES string of the molecule is CC(C)Oc1ccc(CNc2ccc(C#N)cc2)cc1. The summed E-state index contributed by atoms with van der Waals surface area (Å²) >= 11 is 0. The van der Waals surface area contributed by atoms with Crippen LogP contribution in [0.5, 0.6) is 5.75 Å². The smallest absolute Gasteiger partial charge is 0.119 e. The lowest BCUT2D eigenvalue weighted by molar-refractivity contribution is 0.242. The van der Waals surface area contributed by atoms with Gasteiger partial charge in [-0.2, -0.15) is 5.26 Å². The second-order valence-electron chi connectivity index (χ2n) is 4.85. The van der Waals surface area contributed by atoms with Crippen LogP contribution >= 0.6 is 0 Å². The van der Waals surface area contributed by atoms with Gasteiger partial charge >= 0.3 is 0 Å². The molecule has 0 unspecified atom stereocenters. The number of nitrogens with zero attached hydrogens (tertiary/aromatic N) is 1. The van der Waals surface area contributed by atoms with E-state index in [4.69, 9.17) is 10.00 Å². The normalized spacial score (nSPS) is 10.1. The molecule has 0 spiro atoms. The molecule has 2 aromatic carbocycles. The summed E-state index contributed by atoms with van der Waals surface area (Å²) < 4.78 is 5.61. The van der Waals surface area contributed by atoms with Gasteiger partial charge in [0.05, 0.1) is 17.7 Å². The first-order valence-electron chi connectivity index (χ1n) is 6.67. The maximum absolute atomic E-state index is 8.74. The molecule has 0 saturated carbocycles. The maximum Gasteiger partial charge on any atom is 0.119 e. The zero-order valence-electron chi connectivity index (χ0n) is 11.8. The molecule has 20 heavy (non-hydrogen) atoms. The van der Waals surface area contributed by atoms with Crippen LogP contribution in [-0.2, 0) is 6.54 Å². The number of benzene rings is 2. The van der Waals surface area contributed by atoms with Crippen molar-refractivity contribution in [2.75, 3.05) is 5.32 Å². The molecule has 0 amide bonds. The van der Waals surface area contributed by atoms with E-state index in [1.807, 2.05) is 62.4 Å². The van der Waals surface area contributed by atoms with Crippen LogP contribution in [0.4, 0.5) is 5.69 Å². The predicted octanol–water partition coefficient (Wildman–Crippen LogP) is 3.96. The Morgan fingerprint density at radius 1 is 1.05 bits per heavy atom. The van der Waals surface area contributed by atoms with E-state index in [2.05, 4.69) is 11.4 Å². The molecule has 0 saturated heterocycles. The minimum atomic E-state index is 0.192. The molecule has 3 nitrogen and oxygen atoms in total. The lowest BCUT2D eigenvalue weighted by Crippen LogP contribution is -2.05. The fraction of sp³-hybridized carbons (Fsp3) is 0.235. The molecule has 0 radical (unpaired) electrons. The molecule has 1 N–H and O–H groups in total. The van der Waals surface area contributed by atoms with Crippen LogP contribution in [0.15, 0.2) is 48.5 Å².